The van der Waals surface area contributed by atoms with E-state index < -0.39 is 0 Å². The van der Waals surface area contributed by atoms with Crippen LogP contribution in [0.15, 0.2) is 24.3 Å². The Kier molecular flexibility index (Phi) is 5.70. The largest absolute Gasteiger partial charge is 0.489 e. The summed E-state index contributed by atoms with van der Waals surface area (Å²) in [6.07, 6.45) is 6.20. The third-order valence-electron chi connectivity index (χ3n) is 4.80. The lowest BCUT2D eigenvalue weighted by Gasteiger charge is -2.41. The van der Waals surface area contributed by atoms with Gasteiger partial charge in [0.1, 0.15) is 11.9 Å². The Morgan fingerprint density at radius 1 is 1.18 bits per heavy atom. The van der Waals surface area contributed by atoms with Crippen molar-refractivity contribution in [3.63, 3.8) is 0 Å². The third kappa shape index (κ3) is 4.00. The van der Waals surface area contributed by atoms with E-state index >= 15 is 0 Å². The van der Waals surface area contributed by atoms with Crippen LogP contribution in [0, 0.1) is 0 Å². The van der Waals surface area contributed by atoms with Crippen molar-refractivity contribution in [3.8, 4) is 5.75 Å². The van der Waals surface area contributed by atoms with Crippen LogP contribution in [0.2, 0.25) is 0 Å². The van der Waals surface area contributed by atoms with Crippen LogP contribution in [0.1, 0.15) is 31.2 Å². The summed E-state index contributed by atoms with van der Waals surface area (Å²) in [7, 11) is 0. The molecular weight excluding hydrogens is 276 g/mol. The molecule has 1 saturated heterocycles. The molecule has 0 aromatic heterocycles. The Bertz CT molecular complexity index is 460. The van der Waals surface area contributed by atoms with Gasteiger partial charge in [0.15, 0.2) is 0 Å². The second-order valence-electron chi connectivity index (χ2n) is 6.34. The first-order chi connectivity index (χ1) is 10.9. The highest BCUT2D eigenvalue weighted by atomic mass is 16.5. The summed E-state index contributed by atoms with van der Waals surface area (Å²) in [5.41, 5.74) is 6.92. The molecule has 1 aliphatic carbocycles. The predicted molar refractivity (Wildman–Crippen MR) is 88.3 cm³/mol. The maximum Gasteiger partial charge on any atom is 0.120 e. The van der Waals surface area contributed by atoms with Crippen LogP contribution in [-0.4, -0.2) is 49.9 Å². The number of benzene rings is 1. The van der Waals surface area contributed by atoms with Crippen LogP contribution >= 0.6 is 0 Å². The van der Waals surface area contributed by atoms with Crippen molar-refractivity contribution in [3.05, 3.63) is 29.8 Å². The minimum atomic E-state index is 0.306. The Balaban J connectivity index is 1.66. The maximum atomic E-state index is 6.38. The average molecular weight is 304 g/mol. The zero-order valence-corrected chi connectivity index (χ0v) is 13.4. The highest BCUT2D eigenvalue weighted by molar-refractivity contribution is 5.29. The third-order valence-corrected chi connectivity index (χ3v) is 4.80. The van der Waals surface area contributed by atoms with Gasteiger partial charge in [0.2, 0.25) is 0 Å². The molecule has 1 aliphatic heterocycles. The number of morpholine rings is 1. The van der Waals surface area contributed by atoms with E-state index in [0.717, 1.165) is 44.9 Å². The minimum absolute atomic E-state index is 0.306. The van der Waals surface area contributed by atoms with Gasteiger partial charge in [-0.3, -0.25) is 4.90 Å². The Morgan fingerprint density at radius 2 is 2.00 bits per heavy atom. The molecule has 1 aromatic rings. The summed E-state index contributed by atoms with van der Waals surface area (Å²) in [4.78, 5) is 2.57. The summed E-state index contributed by atoms with van der Waals surface area (Å²) in [6, 6.07) is 8.96. The van der Waals surface area contributed by atoms with Crippen molar-refractivity contribution in [2.45, 2.75) is 44.2 Å². The minimum Gasteiger partial charge on any atom is -0.489 e. The van der Waals surface area contributed by atoms with E-state index in [0.29, 0.717) is 18.7 Å². The first-order valence-electron chi connectivity index (χ1n) is 8.64. The summed E-state index contributed by atoms with van der Waals surface area (Å²) < 4.78 is 11.9. The molecule has 0 bridgehead atoms. The van der Waals surface area contributed by atoms with Crippen LogP contribution in [0.5, 0.6) is 5.75 Å². The molecule has 22 heavy (non-hydrogen) atoms. The summed E-state index contributed by atoms with van der Waals surface area (Å²) >= 11 is 0. The van der Waals surface area contributed by atoms with Gasteiger partial charge in [-0.05, 0) is 49.9 Å². The van der Waals surface area contributed by atoms with Crippen molar-refractivity contribution in [2.24, 2.45) is 5.73 Å². The monoisotopic (exact) mass is 304 g/mol. The van der Waals surface area contributed by atoms with Crippen molar-refractivity contribution in [1.82, 2.24) is 4.90 Å². The van der Waals surface area contributed by atoms with E-state index in [2.05, 4.69) is 29.2 Å². The molecule has 2 fully saturated rings. The molecular formula is C18H28N2O2. The number of hydrogen-bond donors (Lipinski definition) is 1. The Morgan fingerprint density at radius 3 is 2.82 bits per heavy atom. The second kappa shape index (κ2) is 7.95. The van der Waals surface area contributed by atoms with E-state index in [4.69, 9.17) is 15.2 Å². The van der Waals surface area contributed by atoms with Gasteiger partial charge in [0.25, 0.3) is 0 Å². The highest BCUT2D eigenvalue weighted by Crippen LogP contribution is 2.28. The molecule has 2 aliphatic rings. The van der Waals surface area contributed by atoms with Crippen LogP contribution < -0.4 is 10.5 Å². The van der Waals surface area contributed by atoms with Gasteiger partial charge in [0, 0.05) is 19.1 Å². The first kappa shape index (κ1) is 15.8. The number of rotatable bonds is 5. The first-order valence-corrected chi connectivity index (χ1v) is 8.64. The summed E-state index contributed by atoms with van der Waals surface area (Å²) in [5.74, 6) is 0.996. The fourth-order valence-electron chi connectivity index (χ4n) is 3.66. The maximum absolute atomic E-state index is 6.38. The van der Waals surface area contributed by atoms with E-state index in [9.17, 15) is 0 Å². The SMILES string of the molecule is NCCc1cccc(OC2CCCCC2N2CCOCC2)c1. The van der Waals surface area contributed by atoms with E-state index in [1.807, 2.05) is 0 Å². The smallest absolute Gasteiger partial charge is 0.120 e. The molecule has 2 unspecified atom stereocenters. The lowest BCUT2D eigenvalue weighted by Crippen LogP contribution is -2.52. The topological polar surface area (TPSA) is 47.7 Å². The summed E-state index contributed by atoms with van der Waals surface area (Å²) in [6.45, 7) is 4.48. The normalized spacial score (nSPS) is 26.8. The van der Waals surface area contributed by atoms with Crippen molar-refractivity contribution in [2.75, 3.05) is 32.8 Å². The molecule has 0 spiro atoms. The average Bonchev–Trinajstić information content (AvgIpc) is 2.57. The quantitative estimate of drug-likeness (QED) is 0.906. The van der Waals surface area contributed by atoms with E-state index in [1.165, 1.54) is 24.8 Å². The lowest BCUT2D eigenvalue weighted by molar-refractivity contribution is -0.0281. The van der Waals surface area contributed by atoms with E-state index in [1.54, 1.807) is 0 Å². The van der Waals surface area contributed by atoms with Gasteiger partial charge in [-0.15, -0.1) is 0 Å². The van der Waals surface area contributed by atoms with Gasteiger partial charge in [-0.25, -0.2) is 0 Å². The highest BCUT2D eigenvalue weighted by Gasteiger charge is 2.32. The van der Waals surface area contributed by atoms with Crippen molar-refractivity contribution < 1.29 is 9.47 Å². The fraction of sp³-hybridized carbons (Fsp3) is 0.667. The molecule has 4 nitrogen and oxygen atoms in total. The van der Waals surface area contributed by atoms with Crippen LogP contribution in [-0.2, 0) is 11.2 Å². The molecule has 3 rings (SSSR count). The molecule has 2 N–H and O–H groups in total. The summed E-state index contributed by atoms with van der Waals surface area (Å²) in [5, 5.41) is 0. The van der Waals surface area contributed by atoms with Gasteiger partial charge >= 0.3 is 0 Å². The zero-order valence-electron chi connectivity index (χ0n) is 13.4. The molecule has 1 heterocycles. The molecule has 2 atom stereocenters. The molecule has 122 valence electrons. The van der Waals surface area contributed by atoms with Crippen LogP contribution in [0.3, 0.4) is 0 Å². The number of nitrogens with zero attached hydrogens (tertiary/aromatic N) is 1. The molecule has 0 amide bonds. The van der Waals surface area contributed by atoms with Crippen LogP contribution in [0.25, 0.3) is 0 Å². The lowest BCUT2D eigenvalue weighted by atomic mass is 9.91. The van der Waals surface area contributed by atoms with Gasteiger partial charge in [0.05, 0.1) is 13.2 Å². The number of nitrogens with two attached hydrogens (primary N) is 1. The second-order valence-corrected chi connectivity index (χ2v) is 6.34. The predicted octanol–water partition coefficient (Wildman–Crippen LogP) is 2.21. The van der Waals surface area contributed by atoms with E-state index in [-0.39, 0.29) is 0 Å². The number of ether oxygens (including phenoxy) is 2. The standard InChI is InChI=1S/C18H28N2O2/c19-9-8-15-4-3-5-16(14-15)22-18-7-2-1-6-17(18)20-10-12-21-13-11-20/h3-5,14,17-18H,1-2,6-13,19H2. The molecule has 4 heteroatoms. The molecule has 1 aromatic carbocycles. The molecule has 0 radical (unpaired) electrons. The van der Waals surface area contributed by atoms with Crippen molar-refractivity contribution in [1.29, 1.82) is 0 Å². The zero-order chi connectivity index (χ0) is 15.2. The fourth-order valence-corrected chi connectivity index (χ4v) is 3.66. The Hall–Kier alpha value is -1.10. The van der Waals surface area contributed by atoms with Gasteiger partial charge in [-0.2, -0.15) is 0 Å². The van der Waals surface area contributed by atoms with Gasteiger partial charge < -0.3 is 15.2 Å². The van der Waals surface area contributed by atoms with Gasteiger partial charge in [-0.1, -0.05) is 18.6 Å². The Labute approximate surface area is 133 Å². The number of hydrogen-bond acceptors (Lipinski definition) is 4. The van der Waals surface area contributed by atoms with Crippen molar-refractivity contribution >= 4 is 0 Å². The molecule has 1 saturated carbocycles. The van der Waals surface area contributed by atoms with Crippen LogP contribution in [0.4, 0.5) is 0 Å².